The molecule has 2 nitrogen and oxygen atoms in total. The van der Waals surface area contributed by atoms with E-state index >= 15 is 0 Å². The largest absolute Gasteiger partial charge is 0.290 e. The summed E-state index contributed by atoms with van der Waals surface area (Å²) in [5.74, 6) is 0. The fourth-order valence-electron chi connectivity index (χ4n) is 1.15. The number of hydrazone groups is 1. The summed E-state index contributed by atoms with van der Waals surface area (Å²) in [6.07, 6.45) is 0. The Morgan fingerprint density at radius 2 is 2.17 bits per heavy atom. The smallest absolute Gasteiger partial charge is 0.156 e. The van der Waals surface area contributed by atoms with Crippen LogP contribution in [0.1, 0.15) is 16.1 Å². The van der Waals surface area contributed by atoms with E-state index < -0.39 is 0 Å². The summed E-state index contributed by atoms with van der Waals surface area (Å²) in [6, 6.07) is 7.89. The summed E-state index contributed by atoms with van der Waals surface area (Å²) < 4.78 is 0. The molecule has 1 aliphatic heterocycles. The van der Waals surface area contributed by atoms with E-state index in [0.717, 1.165) is 11.1 Å². The number of fused-ring (bicyclic) bond motifs is 1. The summed E-state index contributed by atoms with van der Waals surface area (Å²) in [7, 11) is 0. The molecular weight excluding hydrogens is 239 g/mol. The minimum absolute atomic E-state index is 0.0659. The highest BCUT2D eigenvalue weighted by Gasteiger charge is 2.17. The Bertz CT molecular complexity index is 338. The quantitative estimate of drug-likeness (QED) is 0.551. The number of hydrogen-bond acceptors (Lipinski definition) is 2. The summed E-state index contributed by atoms with van der Waals surface area (Å²) in [4.78, 5) is 0.0659. The van der Waals surface area contributed by atoms with Gasteiger partial charge in [-0.3, -0.25) is 5.43 Å². The second-order valence-corrected chi connectivity index (χ2v) is 3.76. The van der Waals surface area contributed by atoms with Gasteiger partial charge in [0.05, 0.1) is 0 Å². The van der Waals surface area contributed by atoms with Crippen molar-refractivity contribution in [1.29, 1.82) is 0 Å². The van der Waals surface area contributed by atoms with Gasteiger partial charge in [0.2, 0.25) is 0 Å². The van der Waals surface area contributed by atoms with Crippen molar-refractivity contribution in [3.8, 4) is 0 Å². The van der Waals surface area contributed by atoms with Gasteiger partial charge < -0.3 is 0 Å². The number of halogens is 2. The highest BCUT2D eigenvalue weighted by molar-refractivity contribution is 9.09. The van der Waals surface area contributed by atoms with Gasteiger partial charge in [0.1, 0.15) is 4.95 Å². The zero-order chi connectivity index (χ0) is 8.55. The summed E-state index contributed by atoms with van der Waals surface area (Å²) in [5.41, 5.74) is 4.97. The lowest BCUT2D eigenvalue weighted by molar-refractivity contribution is 0.725. The molecule has 1 aliphatic rings. The molecule has 0 fully saturated rings. The molecule has 4 heteroatoms. The minimum Gasteiger partial charge on any atom is -0.290 e. The van der Waals surface area contributed by atoms with Gasteiger partial charge >= 0.3 is 0 Å². The first-order chi connectivity index (χ1) is 5.79. The Hall–Kier alpha value is -0.540. The Kier molecular flexibility index (Phi) is 2.07. The second kappa shape index (κ2) is 3.07. The molecule has 1 aromatic rings. The van der Waals surface area contributed by atoms with Crippen LogP contribution in [0.4, 0.5) is 0 Å². The van der Waals surface area contributed by atoms with Gasteiger partial charge in [-0.05, 0) is 5.56 Å². The van der Waals surface area contributed by atoms with Crippen molar-refractivity contribution in [2.24, 2.45) is 5.10 Å². The zero-order valence-electron chi connectivity index (χ0n) is 6.09. The SMILES string of the molecule is ClC1=NNC(Br)c2ccccc21. The molecule has 0 spiro atoms. The van der Waals surface area contributed by atoms with E-state index in [-0.39, 0.29) is 4.95 Å². The van der Waals surface area contributed by atoms with E-state index in [2.05, 4.69) is 26.5 Å². The van der Waals surface area contributed by atoms with E-state index in [1.165, 1.54) is 0 Å². The lowest BCUT2D eigenvalue weighted by Crippen LogP contribution is -2.19. The van der Waals surface area contributed by atoms with E-state index in [0.29, 0.717) is 5.17 Å². The average Bonchev–Trinajstić information content (AvgIpc) is 2.12. The molecule has 0 aromatic heterocycles. The predicted molar refractivity (Wildman–Crippen MR) is 53.6 cm³/mol. The predicted octanol–water partition coefficient (Wildman–Crippen LogP) is 2.58. The number of alkyl halides is 1. The molecule has 0 radical (unpaired) electrons. The number of nitrogens with one attached hydrogen (secondary N) is 1. The molecule has 0 amide bonds. The van der Waals surface area contributed by atoms with Crippen molar-refractivity contribution in [1.82, 2.24) is 5.43 Å². The Morgan fingerprint density at radius 1 is 1.42 bits per heavy atom. The van der Waals surface area contributed by atoms with Gasteiger partial charge in [0.15, 0.2) is 5.17 Å². The van der Waals surface area contributed by atoms with E-state index in [4.69, 9.17) is 11.6 Å². The maximum atomic E-state index is 5.88. The summed E-state index contributed by atoms with van der Waals surface area (Å²) >= 11 is 9.32. The monoisotopic (exact) mass is 244 g/mol. The molecule has 1 heterocycles. The lowest BCUT2D eigenvalue weighted by atomic mass is 10.1. The maximum absolute atomic E-state index is 5.88. The van der Waals surface area contributed by atoms with Gasteiger partial charge in [-0.25, -0.2) is 0 Å². The average molecular weight is 246 g/mol. The Morgan fingerprint density at radius 3 is 2.92 bits per heavy atom. The van der Waals surface area contributed by atoms with Crippen LogP contribution in [0.5, 0.6) is 0 Å². The van der Waals surface area contributed by atoms with Crippen LogP contribution in [-0.4, -0.2) is 5.17 Å². The molecule has 0 saturated carbocycles. The van der Waals surface area contributed by atoms with Gasteiger partial charge in [-0.15, -0.1) is 0 Å². The topological polar surface area (TPSA) is 24.4 Å². The molecule has 1 N–H and O–H groups in total. The molecule has 0 bridgehead atoms. The van der Waals surface area contributed by atoms with Crippen molar-refractivity contribution >= 4 is 32.7 Å². The van der Waals surface area contributed by atoms with Crippen LogP contribution in [0.15, 0.2) is 29.4 Å². The van der Waals surface area contributed by atoms with E-state index in [1.54, 1.807) is 0 Å². The Labute approximate surface area is 83.7 Å². The number of rotatable bonds is 0. The summed E-state index contributed by atoms with van der Waals surface area (Å²) in [5, 5.41) is 4.45. The molecule has 1 aromatic carbocycles. The van der Waals surface area contributed by atoms with Crippen molar-refractivity contribution in [2.45, 2.75) is 4.95 Å². The fraction of sp³-hybridized carbons (Fsp3) is 0.125. The van der Waals surface area contributed by atoms with Crippen molar-refractivity contribution < 1.29 is 0 Å². The molecule has 1 atom stereocenters. The highest BCUT2D eigenvalue weighted by Crippen LogP contribution is 2.27. The number of benzene rings is 1. The first-order valence-corrected chi connectivity index (χ1v) is 4.80. The Balaban J connectivity index is 2.58. The third-order valence-corrected chi connectivity index (χ3v) is 2.72. The molecular formula is C8H6BrClN2. The van der Waals surface area contributed by atoms with Crippen molar-refractivity contribution in [2.75, 3.05) is 0 Å². The molecule has 0 aliphatic carbocycles. The third-order valence-electron chi connectivity index (χ3n) is 1.73. The molecule has 0 saturated heterocycles. The van der Waals surface area contributed by atoms with E-state index in [9.17, 15) is 0 Å². The fourth-order valence-corrected chi connectivity index (χ4v) is 1.87. The van der Waals surface area contributed by atoms with Crippen LogP contribution in [0.25, 0.3) is 0 Å². The molecule has 1 unspecified atom stereocenters. The van der Waals surface area contributed by atoms with Gasteiger partial charge in [-0.2, -0.15) is 5.10 Å². The van der Waals surface area contributed by atoms with Gasteiger partial charge in [-0.1, -0.05) is 51.8 Å². The van der Waals surface area contributed by atoms with Crippen molar-refractivity contribution in [3.63, 3.8) is 0 Å². The molecule has 2 rings (SSSR count). The number of hydrogen-bond donors (Lipinski definition) is 1. The lowest BCUT2D eigenvalue weighted by Gasteiger charge is -2.18. The maximum Gasteiger partial charge on any atom is 0.156 e. The molecule has 12 heavy (non-hydrogen) atoms. The summed E-state index contributed by atoms with van der Waals surface area (Å²) in [6.45, 7) is 0. The molecule has 62 valence electrons. The minimum atomic E-state index is 0.0659. The van der Waals surface area contributed by atoms with Crippen molar-refractivity contribution in [3.05, 3.63) is 35.4 Å². The van der Waals surface area contributed by atoms with Crippen LogP contribution >= 0.6 is 27.5 Å². The normalized spacial score (nSPS) is 20.8. The van der Waals surface area contributed by atoms with Crippen LogP contribution in [0.2, 0.25) is 0 Å². The zero-order valence-corrected chi connectivity index (χ0v) is 8.43. The van der Waals surface area contributed by atoms with Crippen LogP contribution in [0.3, 0.4) is 0 Å². The second-order valence-electron chi connectivity index (χ2n) is 2.48. The van der Waals surface area contributed by atoms with E-state index in [1.807, 2.05) is 24.3 Å². The standard InChI is InChI=1S/C8H6BrClN2/c9-7-5-3-1-2-4-6(5)8(10)12-11-7/h1-4,7,11H. The van der Waals surface area contributed by atoms with Gasteiger partial charge in [0.25, 0.3) is 0 Å². The van der Waals surface area contributed by atoms with Crippen LogP contribution < -0.4 is 5.43 Å². The number of nitrogens with zero attached hydrogens (tertiary/aromatic N) is 1. The first kappa shape index (κ1) is 8.08. The van der Waals surface area contributed by atoms with Crippen LogP contribution in [-0.2, 0) is 0 Å². The van der Waals surface area contributed by atoms with Crippen LogP contribution in [0, 0.1) is 0 Å². The first-order valence-electron chi connectivity index (χ1n) is 3.51. The van der Waals surface area contributed by atoms with Gasteiger partial charge in [0, 0.05) is 5.56 Å². The highest BCUT2D eigenvalue weighted by atomic mass is 79.9. The third kappa shape index (κ3) is 1.23.